The molecule has 4 nitrogen and oxygen atoms in total. The highest BCUT2D eigenvalue weighted by Gasteiger charge is 2.33. The molecule has 0 saturated heterocycles. The number of H-pyrrole nitrogens is 1. The lowest BCUT2D eigenvalue weighted by molar-refractivity contribution is -0.141. The Labute approximate surface area is 65.4 Å². The predicted octanol–water partition coefficient (Wildman–Crippen LogP) is 0.907. The molecule has 1 aromatic heterocycles. The summed E-state index contributed by atoms with van der Waals surface area (Å²) in [6.07, 6.45) is -4.44. The Bertz CT molecular complexity index is 257. The standard InChI is InChI=1S/C5H6F3N3O/c6-5(7,8)4-1-3(2-9-12)10-11-4/h1,9,12H,2H2,(H,10,11). The molecule has 1 rings (SSSR count). The Morgan fingerprint density at radius 1 is 1.58 bits per heavy atom. The molecule has 7 heteroatoms. The van der Waals surface area contributed by atoms with Crippen molar-refractivity contribution in [3.63, 3.8) is 0 Å². The zero-order chi connectivity index (χ0) is 9.19. The molecule has 1 aromatic rings. The highest BCUT2D eigenvalue weighted by Crippen LogP contribution is 2.27. The van der Waals surface area contributed by atoms with Crippen LogP contribution < -0.4 is 5.48 Å². The van der Waals surface area contributed by atoms with E-state index < -0.39 is 11.9 Å². The normalized spacial score (nSPS) is 12.0. The van der Waals surface area contributed by atoms with Crippen molar-refractivity contribution in [1.82, 2.24) is 15.7 Å². The number of alkyl halides is 3. The summed E-state index contributed by atoms with van der Waals surface area (Å²) in [5, 5.41) is 13.3. The lowest BCUT2D eigenvalue weighted by Gasteiger charge is -1.98. The van der Waals surface area contributed by atoms with Crippen LogP contribution in [0.25, 0.3) is 0 Å². The van der Waals surface area contributed by atoms with E-state index in [0.29, 0.717) is 0 Å². The van der Waals surface area contributed by atoms with Crippen LogP contribution in [0.2, 0.25) is 0 Å². The molecular formula is C5H6F3N3O. The van der Waals surface area contributed by atoms with Crippen molar-refractivity contribution in [3.8, 4) is 0 Å². The molecule has 0 amide bonds. The van der Waals surface area contributed by atoms with Crippen molar-refractivity contribution in [2.45, 2.75) is 12.7 Å². The second-order valence-corrected chi connectivity index (χ2v) is 2.11. The molecule has 0 atom stereocenters. The summed E-state index contributed by atoms with van der Waals surface area (Å²) in [4.78, 5) is 0. The Kier molecular flexibility index (Phi) is 2.34. The first-order valence-electron chi connectivity index (χ1n) is 3.02. The summed E-state index contributed by atoms with van der Waals surface area (Å²) in [5.74, 6) is 0. The summed E-state index contributed by atoms with van der Waals surface area (Å²) in [7, 11) is 0. The zero-order valence-electron chi connectivity index (χ0n) is 5.81. The van der Waals surface area contributed by atoms with E-state index in [4.69, 9.17) is 5.21 Å². The fourth-order valence-electron chi connectivity index (χ4n) is 0.683. The van der Waals surface area contributed by atoms with E-state index in [0.717, 1.165) is 6.07 Å². The van der Waals surface area contributed by atoms with Gasteiger partial charge in [0.15, 0.2) is 5.69 Å². The molecule has 0 aliphatic carbocycles. The van der Waals surface area contributed by atoms with Crippen LogP contribution in [0.15, 0.2) is 6.07 Å². The van der Waals surface area contributed by atoms with Crippen LogP contribution in [-0.2, 0) is 12.7 Å². The van der Waals surface area contributed by atoms with Gasteiger partial charge in [0.2, 0.25) is 0 Å². The van der Waals surface area contributed by atoms with Crippen LogP contribution in [0.5, 0.6) is 0 Å². The summed E-state index contributed by atoms with van der Waals surface area (Å²) in [5.41, 5.74) is 0.888. The molecule has 0 unspecified atom stereocenters. The molecule has 0 aliphatic rings. The molecule has 1 heterocycles. The van der Waals surface area contributed by atoms with E-state index in [2.05, 4.69) is 10.2 Å². The van der Waals surface area contributed by atoms with Crippen molar-refractivity contribution in [1.29, 1.82) is 0 Å². The van der Waals surface area contributed by atoms with Gasteiger partial charge >= 0.3 is 6.18 Å². The quantitative estimate of drug-likeness (QED) is 0.594. The average Bonchev–Trinajstić information content (AvgIpc) is 2.35. The van der Waals surface area contributed by atoms with Gasteiger partial charge in [-0.05, 0) is 6.07 Å². The first kappa shape index (κ1) is 9.01. The van der Waals surface area contributed by atoms with E-state index in [1.54, 1.807) is 5.48 Å². The van der Waals surface area contributed by atoms with Gasteiger partial charge in [0.25, 0.3) is 0 Å². The average molecular weight is 181 g/mol. The molecular weight excluding hydrogens is 175 g/mol. The van der Waals surface area contributed by atoms with E-state index >= 15 is 0 Å². The Morgan fingerprint density at radius 3 is 2.67 bits per heavy atom. The molecule has 0 radical (unpaired) electrons. The maximum absolute atomic E-state index is 11.9. The number of nitrogens with one attached hydrogen (secondary N) is 2. The van der Waals surface area contributed by atoms with Gasteiger partial charge in [0.1, 0.15) is 0 Å². The van der Waals surface area contributed by atoms with E-state index in [9.17, 15) is 13.2 Å². The number of aromatic nitrogens is 2. The number of nitrogens with zero attached hydrogens (tertiary/aromatic N) is 1. The van der Waals surface area contributed by atoms with Gasteiger partial charge in [-0.25, -0.2) is 0 Å². The third-order valence-corrected chi connectivity index (χ3v) is 1.19. The summed E-state index contributed by atoms with van der Waals surface area (Å²) in [6, 6.07) is 0.823. The fourth-order valence-corrected chi connectivity index (χ4v) is 0.683. The van der Waals surface area contributed by atoms with Gasteiger partial charge in [-0.15, -0.1) is 0 Å². The first-order chi connectivity index (χ1) is 5.54. The Morgan fingerprint density at radius 2 is 2.25 bits per heavy atom. The van der Waals surface area contributed by atoms with Gasteiger partial charge in [0, 0.05) is 0 Å². The van der Waals surface area contributed by atoms with E-state index in [1.165, 1.54) is 0 Å². The van der Waals surface area contributed by atoms with Crippen LogP contribution >= 0.6 is 0 Å². The Hall–Kier alpha value is -1.08. The van der Waals surface area contributed by atoms with Crippen molar-refractivity contribution in [2.75, 3.05) is 0 Å². The number of hydroxylamine groups is 1. The highest BCUT2D eigenvalue weighted by molar-refractivity contribution is 5.10. The van der Waals surface area contributed by atoms with Gasteiger partial charge in [-0.2, -0.15) is 23.8 Å². The molecule has 0 spiro atoms. The molecule has 68 valence electrons. The summed E-state index contributed by atoms with van der Waals surface area (Å²) >= 11 is 0. The van der Waals surface area contributed by atoms with Gasteiger partial charge in [0.05, 0.1) is 12.2 Å². The minimum Gasteiger partial charge on any atom is -0.316 e. The number of aromatic amines is 1. The summed E-state index contributed by atoms with van der Waals surface area (Å²) in [6.45, 7) is -0.0942. The molecule has 3 N–H and O–H groups in total. The lowest BCUT2D eigenvalue weighted by Crippen LogP contribution is -2.06. The summed E-state index contributed by atoms with van der Waals surface area (Å²) < 4.78 is 35.6. The predicted molar refractivity (Wildman–Crippen MR) is 32.2 cm³/mol. The smallest absolute Gasteiger partial charge is 0.316 e. The van der Waals surface area contributed by atoms with Crippen LogP contribution in [0, 0.1) is 0 Å². The monoisotopic (exact) mass is 181 g/mol. The topological polar surface area (TPSA) is 60.9 Å². The third-order valence-electron chi connectivity index (χ3n) is 1.19. The largest absolute Gasteiger partial charge is 0.435 e. The van der Waals surface area contributed by atoms with Gasteiger partial charge in [-0.1, -0.05) is 0 Å². The minimum atomic E-state index is -4.44. The van der Waals surface area contributed by atoms with Crippen molar-refractivity contribution in [2.24, 2.45) is 0 Å². The minimum absolute atomic E-state index is 0.0942. The maximum atomic E-state index is 11.9. The molecule has 0 bridgehead atoms. The fraction of sp³-hybridized carbons (Fsp3) is 0.400. The van der Waals surface area contributed by atoms with E-state index in [1.807, 2.05) is 0 Å². The molecule has 0 saturated carbocycles. The molecule has 0 fully saturated rings. The highest BCUT2D eigenvalue weighted by atomic mass is 19.4. The lowest BCUT2D eigenvalue weighted by atomic mass is 10.3. The second kappa shape index (κ2) is 3.11. The SMILES string of the molecule is ONCc1cc(C(F)(F)F)n[nH]1. The van der Waals surface area contributed by atoms with Crippen molar-refractivity contribution in [3.05, 3.63) is 17.5 Å². The molecule has 0 aromatic carbocycles. The van der Waals surface area contributed by atoms with Crippen LogP contribution in [0.4, 0.5) is 13.2 Å². The molecule has 12 heavy (non-hydrogen) atoms. The second-order valence-electron chi connectivity index (χ2n) is 2.11. The number of rotatable bonds is 2. The number of hydrogen-bond donors (Lipinski definition) is 3. The van der Waals surface area contributed by atoms with Crippen LogP contribution in [0.3, 0.4) is 0 Å². The van der Waals surface area contributed by atoms with Gasteiger partial charge < -0.3 is 5.21 Å². The number of halogens is 3. The van der Waals surface area contributed by atoms with Gasteiger partial charge in [-0.3, -0.25) is 5.10 Å². The van der Waals surface area contributed by atoms with Crippen LogP contribution in [0.1, 0.15) is 11.4 Å². The maximum Gasteiger partial charge on any atom is 0.435 e. The first-order valence-corrected chi connectivity index (χ1v) is 3.02. The Balaban J connectivity index is 2.77. The zero-order valence-corrected chi connectivity index (χ0v) is 5.81. The van der Waals surface area contributed by atoms with Crippen molar-refractivity contribution >= 4 is 0 Å². The molecule has 0 aliphatic heterocycles. The van der Waals surface area contributed by atoms with Crippen LogP contribution in [-0.4, -0.2) is 15.4 Å². The number of hydrogen-bond acceptors (Lipinski definition) is 3. The third kappa shape index (κ3) is 1.95. The van der Waals surface area contributed by atoms with Crippen molar-refractivity contribution < 1.29 is 18.4 Å². The van der Waals surface area contributed by atoms with E-state index in [-0.39, 0.29) is 12.2 Å².